The lowest BCUT2D eigenvalue weighted by atomic mass is 9.81. The van der Waals surface area contributed by atoms with Gasteiger partial charge in [-0.25, -0.2) is 0 Å². The van der Waals surface area contributed by atoms with Crippen LogP contribution in [0.4, 0.5) is 0 Å². The highest BCUT2D eigenvalue weighted by Crippen LogP contribution is 2.32. The van der Waals surface area contributed by atoms with Crippen LogP contribution >= 0.6 is 27.5 Å². The molecule has 1 unspecified atom stereocenters. The fourth-order valence-electron chi connectivity index (χ4n) is 2.22. The third kappa shape index (κ3) is 3.68. The number of halogens is 2. The van der Waals surface area contributed by atoms with Crippen molar-refractivity contribution < 1.29 is 5.11 Å². The van der Waals surface area contributed by atoms with E-state index in [0.29, 0.717) is 5.02 Å². The van der Waals surface area contributed by atoms with Gasteiger partial charge in [0.1, 0.15) is 6.10 Å². The maximum absolute atomic E-state index is 10.5. The molecule has 1 nitrogen and oxygen atoms in total. The first-order chi connectivity index (χ1) is 9.85. The zero-order chi connectivity index (χ0) is 15.6. The van der Waals surface area contributed by atoms with Crippen LogP contribution in [0.15, 0.2) is 46.9 Å². The molecule has 0 aliphatic rings. The molecule has 0 aliphatic carbocycles. The number of aliphatic hydroxyl groups is 1. The molecule has 0 spiro atoms. The Kier molecular flexibility index (Phi) is 5.13. The lowest BCUT2D eigenvalue weighted by molar-refractivity contribution is 0.220. The topological polar surface area (TPSA) is 20.2 Å². The van der Waals surface area contributed by atoms with E-state index in [-0.39, 0.29) is 5.41 Å². The summed E-state index contributed by atoms with van der Waals surface area (Å²) in [5.74, 6) is 0. The van der Waals surface area contributed by atoms with Crippen LogP contribution < -0.4 is 0 Å². The van der Waals surface area contributed by atoms with E-state index < -0.39 is 6.10 Å². The first-order valence-corrected chi connectivity index (χ1v) is 8.25. The van der Waals surface area contributed by atoms with Crippen molar-refractivity contribution in [1.29, 1.82) is 0 Å². The number of benzene rings is 2. The third-order valence-electron chi connectivity index (χ3n) is 4.15. The van der Waals surface area contributed by atoms with Gasteiger partial charge < -0.3 is 5.11 Å². The smallest absolute Gasteiger partial charge is 0.105 e. The van der Waals surface area contributed by atoms with Crippen LogP contribution in [-0.4, -0.2) is 5.11 Å². The summed E-state index contributed by atoms with van der Waals surface area (Å²) >= 11 is 9.59. The van der Waals surface area contributed by atoms with Crippen molar-refractivity contribution in [2.75, 3.05) is 0 Å². The number of rotatable bonds is 4. The molecule has 0 heterocycles. The Hall–Kier alpha value is -0.830. The quantitative estimate of drug-likeness (QED) is 0.716. The predicted octanol–water partition coefficient (Wildman–Crippen LogP) is 5.87. The molecule has 0 aliphatic heterocycles. The van der Waals surface area contributed by atoms with E-state index in [2.05, 4.69) is 48.8 Å². The molecule has 1 N–H and O–H groups in total. The Morgan fingerprint density at radius 2 is 1.76 bits per heavy atom. The van der Waals surface area contributed by atoms with Crippen LogP contribution in [0, 0.1) is 0 Å². The lowest BCUT2D eigenvalue weighted by Crippen LogP contribution is -2.15. The van der Waals surface area contributed by atoms with Crippen molar-refractivity contribution >= 4 is 27.5 Å². The van der Waals surface area contributed by atoms with E-state index in [4.69, 9.17) is 11.6 Å². The van der Waals surface area contributed by atoms with Gasteiger partial charge in [-0.05, 0) is 35.1 Å². The molecule has 3 heteroatoms. The molecular weight excluding hydrogens is 348 g/mol. The summed E-state index contributed by atoms with van der Waals surface area (Å²) in [4.78, 5) is 0. The summed E-state index contributed by atoms with van der Waals surface area (Å²) in [5.41, 5.74) is 3.01. The Morgan fingerprint density at radius 3 is 2.29 bits per heavy atom. The minimum Gasteiger partial charge on any atom is -0.384 e. The van der Waals surface area contributed by atoms with Crippen LogP contribution in [0.2, 0.25) is 5.02 Å². The van der Waals surface area contributed by atoms with Gasteiger partial charge in [-0.15, -0.1) is 0 Å². The summed E-state index contributed by atoms with van der Waals surface area (Å²) in [6, 6.07) is 13.7. The monoisotopic (exact) mass is 366 g/mol. The Balaban J connectivity index is 2.30. The SMILES string of the molecule is CCC(C)(C)c1ccc(C(O)c2ccc(Br)cc2Cl)cc1. The van der Waals surface area contributed by atoms with Gasteiger partial charge in [0.2, 0.25) is 0 Å². The summed E-state index contributed by atoms with van der Waals surface area (Å²) in [6.45, 7) is 6.64. The highest BCUT2D eigenvalue weighted by molar-refractivity contribution is 9.10. The van der Waals surface area contributed by atoms with Crippen molar-refractivity contribution in [2.24, 2.45) is 0 Å². The molecule has 0 amide bonds. The minimum atomic E-state index is -0.704. The second-order valence-electron chi connectivity index (χ2n) is 5.93. The van der Waals surface area contributed by atoms with Gasteiger partial charge in [-0.3, -0.25) is 0 Å². The minimum absolute atomic E-state index is 0.152. The van der Waals surface area contributed by atoms with Crippen molar-refractivity contribution in [3.05, 3.63) is 68.7 Å². The third-order valence-corrected chi connectivity index (χ3v) is 4.97. The Morgan fingerprint density at radius 1 is 1.14 bits per heavy atom. The van der Waals surface area contributed by atoms with Gasteiger partial charge in [-0.2, -0.15) is 0 Å². The summed E-state index contributed by atoms with van der Waals surface area (Å²) < 4.78 is 0.906. The normalized spacial score (nSPS) is 13.2. The maximum Gasteiger partial charge on any atom is 0.105 e. The highest BCUT2D eigenvalue weighted by Gasteiger charge is 2.19. The maximum atomic E-state index is 10.5. The van der Waals surface area contributed by atoms with Crippen molar-refractivity contribution in [3.8, 4) is 0 Å². The fraction of sp³-hybridized carbons (Fsp3) is 0.333. The van der Waals surface area contributed by atoms with Gasteiger partial charge in [0, 0.05) is 15.1 Å². The van der Waals surface area contributed by atoms with Crippen molar-refractivity contribution in [1.82, 2.24) is 0 Å². The highest BCUT2D eigenvalue weighted by atomic mass is 79.9. The van der Waals surface area contributed by atoms with Gasteiger partial charge in [0.25, 0.3) is 0 Å². The fourth-order valence-corrected chi connectivity index (χ4v) is 3.00. The molecule has 2 aromatic rings. The summed E-state index contributed by atoms with van der Waals surface area (Å²) in [5, 5.41) is 11.1. The first-order valence-electron chi connectivity index (χ1n) is 7.08. The predicted molar refractivity (Wildman–Crippen MR) is 93.0 cm³/mol. The second kappa shape index (κ2) is 6.51. The van der Waals surface area contributed by atoms with Gasteiger partial charge in [-0.1, -0.05) is 78.6 Å². The second-order valence-corrected chi connectivity index (χ2v) is 7.25. The molecule has 2 rings (SSSR count). The Labute approximate surface area is 140 Å². The van der Waals surface area contributed by atoms with Gasteiger partial charge in [0.15, 0.2) is 0 Å². The van der Waals surface area contributed by atoms with Crippen LogP contribution in [0.25, 0.3) is 0 Å². The van der Waals surface area contributed by atoms with Crippen LogP contribution in [0.3, 0.4) is 0 Å². The number of aliphatic hydroxyl groups excluding tert-OH is 1. The van der Waals surface area contributed by atoms with Crippen molar-refractivity contribution in [3.63, 3.8) is 0 Å². The van der Waals surface area contributed by atoms with Gasteiger partial charge >= 0.3 is 0 Å². The molecule has 0 bridgehead atoms. The van der Waals surface area contributed by atoms with E-state index in [1.54, 1.807) is 6.07 Å². The average Bonchev–Trinajstić information content (AvgIpc) is 2.47. The molecule has 0 fully saturated rings. The molecule has 0 radical (unpaired) electrons. The Bertz CT molecular complexity index is 620. The lowest BCUT2D eigenvalue weighted by Gasteiger charge is -2.24. The first kappa shape index (κ1) is 16.5. The molecule has 2 aromatic carbocycles. The zero-order valence-electron chi connectivity index (χ0n) is 12.5. The van der Waals surface area contributed by atoms with E-state index in [1.165, 1.54) is 5.56 Å². The molecule has 112 valence electrons. The molecule has 0 aromatic heterocycles. The van der Waals surface area contributed by atoms with E-state index >= 15 is 0 Å². The van der Waals surface area contributed by atoms with Crippen LogP contribution in [0.1, 0.15) is 50.0 Å². The summed E-state index contributed by atoms with van der Waals surface area (Å²) in [6.07, 6.45) is 0.373. The van der Waals surface area contributed by atoms with E-state index in [0.717, 1.165) is 22.0 Å². The molecule has 1 atom stereocenters. The average molecular weight is 368 g/mol. The van der Waals surface area contributed by atoms with Crippen molar-refractivity contribution in [2.45, 2.75) is 38.7 Å². The molecule has 21 heavy (non-hydrogen) atoms. The largest absolute Gasteiger partial charge is 0.384 e. The van der Waals surface area contributed by atoms with Crippen LogP contribution in [0.5, 0.6) is 0 Å². The van der Waals surface area contributed by atoms with Crippen LogP contribution in [-0.2, 0) is 5.41 Å². The van der Waals surface area contributed by atoms with Gasteiger partial charge in [0.05, 0.1) is 0 Å². The number of hydrogen-bond donors (Lipinski definition) is 1. The van der Waals surface area contributed by atoms with E-state index in [1.807, 2.05) is 24.3 Å². The molecule has 0 saturated heterocycles. The summed E-state index contributed by atoms with van der Waals surface area (Å²) in [7, 11) is 0. The number of hydrogen-bond acceptors (Lipinski definition) is 1. The molecular formula is C18H20BrClO. The molecule has 0 saturated carbocycles. The standard InChI is InChI=1S/C18H20BrClO/c1-4-18(2,3)13-7-5-12(6-8-13)17(21)15-10-9-14(19)11-16(15)20/h5-11,17,21H,4H2,1-3H3. The zero-order valence-corrected chi connectivity index (χ0v) is 14.9. The van der Waals surface area contributed by atoms with E-state index in [9.17, 15) is 5.11 Å².